The molecule has 1 aliphatic heterocycles. The lowest BCUT2D eigenvalue weighted by Gasteiger charge is -2.21. The van der Waals surface area contributed by atoms with Crippen LogP contribution >= 0.6 is 0 Å². The van der Waals surface area contributed by atoms with Gasteiger partial charge in [0.05, 0.1) is 0 Å². The number of hydrogen-bond acceptors (Lipinski definition) is 3. The van der Waals surface area contributed by atoms with Crippen molar-refractivity contribution in [1.82, 2.24) is 10.6 Å². The minimum atomic E-state index is -0.878. The molecule has 3 rings (SSSR count). The average molecular weight is 275 g/mol. The van der Waals surface area contributed by atoms with Crippen molar-refractivity contribution in [2.24, 2.45) is 4.99 Å². The maximum atomic E-state index is 13.3. The molecule has 1 heterocycles. The molecule has 1 unspecified atom stereocenters. The Balaban J connectivity index is 2.01. The number of fused-ring (bicyclic) bond motifs is 2. The average Bonchev–Trinajstić information content (AvgIpc) is 2.80. The Bertz CT molecular complexity index is 618. The lowest BCUT2D eigenvalue weighted by molar-refractivity contribution is -0.124. The highest BCUT2D eigenvalue weighted by atomic mass is 19.1. The van der Waals surface area contributed by atoms with Crippen LogP contribution in [0.25, 0.3) is 0 Å². The second-order valence-corrected chi connectivity index (χ2v) is 6.45. The third-order valence-corrected chi connectivity index (χ3v) is 3.67. The largest absolute Gasteiger partial charge is 0.351 e. The summed E-state index contributed by atoms with van der Waals surface area (Å²) in [6, 6.07) is 4.58. The van der Waals surface area contributed by atoms with E-state index in [2.05, 4.69) is 15.6 Å². The Morgan fingerprint density at radius 2 is 2.15 bits per heavy atom. The first-order valence-electron chi connectivity index (χ1n) is 6.79. The number of halogens is 1. The van der Waals surface area contributed by atoms with Gasteiger partial charge in [-0.25, -0.2) is 9.38 Å². The fraction of sp³-hybridized carbons (Fsp3) is 0.467. The molecule has 5 heteroatoms. The minimum Gasteiger partial charge on any atom is -0.351 e. The Morgan fingerprint density at radius 1 is 1.40 bits per heavy atom. The third kappa shape index (κ3) is 1.97. The molecule has 0 radical (unpaired) electrons. The molecule has 0 saturated heterocycles. The molecule has 0 bridgehead atoms. The highest BCUT2D eigenvalue weighted by Crippen LogP contribution is 2.42. The van der Waals surface area contributed by atoms with Crippen LogP contribution in [0.15, 0.2) is 23.2 Å². The summed E-state index contributed by atoms with van der Waals surface area (Å²) in [6.45, 7) is 6.01. The van der Waals surface area contributed by atoms with Crippen LogP contribution in [-0.4, -0.2) is 17.4 Å². The lowest BCUT2D eigenvalue weighted by atomic mass is 9.92. The standard InChI is InChI=1S/C15H18FN3O/c1-14(2,3)18-13-17-12(20)15(19-13)7-6-9-8-10(16)4-5-11(9)15/h4-5,8H,6-7H2,1-3H3,(H2,17,18,19,20). The van der Waals surface area contributed by atoms with Gasteiger partial charge in [-0.1, -0.05) is 6.07 Å². The van der Waals surface area contributed by atoms with Crippen molar-refractivity contribution in [2.75, 3.05) is 0 Å². The van der Waals surface area contributed by atoms with Gasteiger partial charge in [0.2, 0.25) is 0 Å². The Kier molecular flexibility index (Phi) is 2.64. The van der Waals surface area contributed by atoms with Crippen molar-refractivity contribution < 1.29 is 9.18 Å². The van der Waals surface area contributed by atoms with E-state index < -0.39 is 5.54 Å². The van der Waals surface area contributed by atoms with Crippen LogP contribution in [0.2, 0.25) is 0 Å². The van der Waals surface area contributed by atoms with Gasteiger partial charge in [-0.2, -0.15) is 0 Å². The highest BCUT2D eigenvalue weighted by Gasteiger charge is 2.49. The first kappa shape index (κ1) is 13.1. The molecular formula is C15H18FN3O. The van der Waals surface area contributed by atoms with E-state index in [4.69, 9.17) is 0 Å². The first-order valence-corrected chi connectivity index (χ1v) is 6.79. The molecule has 4 nitrogen and oxygen atoms in total. The summed E-state index contributed by atoms with van der Waals surface area (Å²) < 4.78 is 13.3. The van der Waals surface area contributed by atoms with E-state index in [-0.39, 0.29) is 17.3 Å². The molecule has 0 fully saturated rings. The first-order chi connectivity index (χ1) is 9.30. The second-order valence-electron chi connectivity index (χ2n) is 6.45. The van der Waals surface area contributed by atoms with E-state index in [9.17, 15) is 9.18 Å². The molecule has 1 aromatic rings. The number of carbonyl (C=O) groups is 1. The molecule has 1 amide bonds. The van der Waals surface area contributed by atoms with E-state index in [1.54, 1.807) is 6.07 Å². The Hall–Kier alpha value is -1.91. The van der Waals surface area contributed by atoms with Gasteiger partial charge in [-0.15, -0.1) is 0 Å². The maximum absolute atomic E-state index is 13.3. The van der Waals surface area contributed by atoms with Crippen molar-refractivity contribution in [3.8, 4) is 0 Å². The van der Waals surface area contributed by atoms with Crippen LogP contribution in [0, 0.1) is 5.82 Å². The Labute approximate surface area is 117 Å². The zero-order chi connectivity index (χ0) is 14.5. The number of nitrogens with zero attached hydrogens (tertiary/aromatic N) is 1. The molecule has 1 aromatic carbocycles. The highest BCUT2D eigenvalue weighted by molar-refractivity contribution is 6.08. The zero-order valence-corrected chi connectivity index (χ0v) is 11.9. The van der Waals surface area contributed by atoms with Gasteiger partial charge in [0.25, 0.3) is 5.91 Å². The predicted molar refractivity (Wildman–Crippen MR) is 74.9 cm³/mol. The van der Waals surface area contributed by atoms with Crippen molar-refractivity contribution in [1.29, 1.82) is 0 Å². The smallest absolute Gasteiger partial charge is 0.259 e. The van der Waals surface area contributed by atoms with Crippen LogP contribution in [0.4, 0.5) is 4.39 Å². The molecule has 106 valence electrons. The van der Waals surface area contributed by atoms with Gasteiger partial charge in [-0.05, 0) is 56.9 Å². The molecule has 1 aliphatic carbocycles. The van der Waals surface area contributed by atoms with Crippen molar-refractivity contribution >= 4 is 11.9 Å². The third-order valence-electron chi connectivity index (χ3n) is 3.67. The van der Waals surface area contributed by atoms with E-state index in [1.807, 2.05) is 20.8 Å². The number of aryl methyl sites for hydroxylation is 1. The van der Waals surface area contributed by atoms with Crippen molar-refractivity contribution in [2.45, 2.75) is 44.7 Å². The van der Waals surface area contributed by atoms with E-state index >= 15 is 0 Å². The molecule has 1 spiro atoms. The van der Waals surface area contributed by atoms with Gasteiger partial charge in [0, 0.05) is 5.54 Å². The van der Waals surface area contributed by atoms with Crippen molar-refractivity contribution in [3.05, 3.63) is 35.1 Å². The fourth-order valence-electron chi connectivity index (χ4n) is 2.87. The number of aliphatic imine (C=N–C) groups is 1. The van der Waals surface area contributed by atoms with Gasteiger partial charge < -0.3 is 5.32 Å². The summed E-state index contributed by atoms with van der Waals surface area (Å²) in [5, 5.41) is 5.99. The topological polar surface area (TPSA) is 53.5 Å². The van der Waals surface area contributed by atoms with E-state index in [1.165, 1.54) is 12.1 Å². The minimum absolute atomic E-state index is 0.130. The fourth-order valence-corrected chi connectivity index (χ4v) is 2.87. The van der Waals surface area contributed by atoms with Crippen LogP contribution in [-0.2, 0) is 16.8 Å². The molecule has 0 saturated carbocycles. The number of amides is 1. The lowest BCUT2D eigenvalue weighted by Crippen LogP contribution is -2.47. The number of carbonyl (C=O) groups excluding carboxylic acids is 1. The number of rotatable bonds is 0. The molecule has 2 N–H and O–H groups in total. The number of nitrogens with one attached hydrogen (secondary N) is 2. The van der Waals surface area contributed by atoms with E-state index in [0.717, 1.165) is 11.1 Å². The summed E-state index contributed by atoms with van der Waals surface area (Å²) in [6.07, 6.45) is 1.26. The summed E-state index contributed by atoms with van der Waals surface area (Å²) in [5.74, 6) is 0.102. The molecule has 20 heavy (non-hydrogen) atoms. The summed E-state index contributed by atoms with van der Waals surface area (Å²) in [4.78, 5) is 17.0. The molecule has 0 aromatic heterocycles. The van der Waals surface area contributed by atoms with Gasteiger partial charge in [0.1, 0.15) is 5.82 Å². The van der Waals surface area contributed by atoms with Gasteiger partial charge >= 0.3 is 0 Å². The quantitative estimate of drug-likeness (QED) is 0.759. The molecule has 2 aliphatic rings. The summed E-state index contributed by atoms with van der Waals surface area (Å²) in [5.41, 5.74) is 0.640. The van der Waals surface area contributed by atoms with Gasteiger partial charge in [-0.3, -0.25) is 10.1 Å². The zero-order valence-electron chi connectivity index (χ0n) is 11.9. The van der Waals surface area contributed by atoms with Crippen LogP contribution < -0.4 is 10.6 Å². The monoisotopic (exact) mass is 275 g/mol. The number of guanidine groups is 1. The summed E-state index contributed by atoms with van der Waals surface area (Å²) >= 11 is 0. The normalized spacial score (nSPS) is 24.6. The van der Waals surface area contributed by atoms with Crippen LogP contribution in [0.1, 0.15) is 38.3 Å². The van der Waals surface area contributed by atoms with Crippen LogP contribution in [0.3, 0.4) is 0 Å². The second kappa shape index (κ2) is 4.04. The molecular weight excluding hydrogens is 257 g/mol. The Morgan fingerprint density at radius 3 is 2.85 bits per heavy atom. The van der Waals surface area contributed by atoms with E-state index in [0.29, 0.717) is 18.8 Å². The van der Waals surface area contributed by atoms with Gasteiger partial charge in [0.15, 0.2) is 11.5 Å². The number of benzene rings is 1. The van der Waals surface area contributed by atoms with Crippen LogP contribution in [0.5, 0.6) is 0 Å². The SMILES string of the molecule is CC(C)(C)NC1=NC2(CCc3cc(F)ccc32)C(=O)N1. The maximum Gasteiger partial charge on any atom is 0.259 e. The molecule has 1 atom stereocenters. The predicted octanol–water partition coefficient (Wildman–Crippen LogP) is 1.84. The number of hydrogen-bond donors (Lipinski definition) is 2. The van der Waals surface area contributed by atoms with Crippen molar-refractivity contribution in [3.63, 3.8) is 0 Å². The summed E-state index contributed by atoms with van der Waals surface area (Å²) in [7, 11) is 0.